The van der Waals surface area contributed by atoms with Gasteiger partial charge in [0.25, 0.3) is 0 Å². The van der Waals surface area contributed by atoms with E-state index < -0.39 is 5.97 Å². The van der Waals surface area contributed by atoms with Gasteiger partial charge in [0, 0.05) is 19.5 Å². The van der Waals surface area contributed by atoms with Crippen molar-refractivity contribution in [2.24, 2.45) is 5.92 Å². The van der Waals surface area contributed by atoms with Gasteiger partial charge in [0.05, 0.1) is 5.41 Å². The van der Waals surface area contributed by atoms with Gasteiger partial charge in [-0.1, -0.05) is 43.2 Å². The molecular weight excluding hydrogens is 290 g/mol. The lowest BCUT2D eigenvalue weighted by Gasteiger charge is -2.38. The van der Waals surface area contributed by atoms with E-state index >= 15 is 0 Å². The molecule has 0 radical (unpaired) electrons. The van der Waals surface area contributed by atoms with Crippen molar-refractivity contribution >= 4 is 11.9 Å². The van der Waals surface area contributed by atoms with Gasteiger partial charge >= 0.3 is 5.97 Å². The fraction of sp³-hybridized carbons (Fsp3) is 0.579. The zero-order valence-corrected chi connectivity index (χ0v) is 13.5. The van der Waals surface area contributed by atoms with E-state index in [1.807, 2.05) is 23.1 Å². The number of amides is 1. The van der Waals surface area contributed by atoms with Crippen LogP contribution in [-0.4, -0.2) is 35.0 Å². The number of hydrogen-bond donors (Lipinski definition) is 1. The second-order valence-corrected chi connectivity index (χ2v) is 6.99. The Kier molecular flexibility index (Phi) is 4.69. The monoisotopic (exact) mass is 315 g/mol. The normalized spacial score (nSPS) is 21.3. The molecule has 1 heterocycles. The third-order valence-corrected chi connectivity index (χ3v) is 5.56. The van der Waals surface area contributed by atoms with Gasteiger partial charge in [0.1, 0.15) is 0 Å². The fourth-order valence-corrected chi connectivity index (χ4v) is 4.25. The number of rotatable bonds is 4. The van der Waals surface area contributed by atoms with Crippen LogP contribution in [0, 0.1) is 5.92 Å². The van der Waals surface area contributed by atoms with Gasteiger partial charge in [-0.05, 0) is 37.2 Å². The molecule has 1 aromatic carbocycles. The van der Waals surface area contributed by atoms with Crippen LogP contribution in [0.1, 0.15) is 50.5 Å². The number of carbonyl (C=O) groups is 2. The van der Waals surface area contributed by atoms with Gasteiger partial charge in [-0.3, -0.25) is 9.59 Å². The summed E-state index contributed by atoms with van der Waals surface area (Å²) in [5.41, 5.74) is 0.802. The van der Waals surface area contributed by atoms with Crippen molar-refractivity contribution in [2.45, 2.75) is 50.4 Å². The van der Waals surface area contributed by atoms with Gasteiger partial charge < -0.3 is 10.0 Å². The van der Waals surface area contributed by atoms with E-state index in [-0.39, 0.29) is 23.7 Å². The molecule has 1 saturated carbocycles. The summed E-state index contributed by atoms with van der Waals surface area (Å²) in [6.45, 7) is 1.40. The van der Waals surface area contributed by atoms with Crippen LogP contribution in [0.2, 0.25) is 0 Å². The third kappa shape index (κ3) is 3.26. The average molecular weight is 315 g/mol. The molecule has 23 heavy (non-hydrogen) atoms. The van der Waals surface area contributed by atoms with Crippen LogP contribution < -0.4 is 0 Å². The van der Waals surface area contributed by atoms with E-state index in [1.165, 1.54) is 0 Å². The maximum atomic E-state index is 13.3. The first-order chi connectivity index (χ1) is 11.1. The zero-order valence-electron chi connectivity index (χ0n) is 13.5. The molecule has 2 aliphatic rings. The molecule has 1 aromatic rings. The van der Waals surface area contributed by atoms with E-state index in [0.29, 0.717) is 13.1 Å². The Hall–Kier alpha value is -1.84. The molecule has 1 aliphatic heterocycles. The molecule has 2 fully saturated rings. The molecule has 1 N–H and O–H groups in total. The van der Waals surface area contributed by atoms with Crippen molar-refractivity contribution in [1.82, 2.24) is 4.90 Å². The van der Waals surface area contributed by atoms with Crippen LogP contribution in [0.4, 0.5) is 0 Å². The molecule has 1 aliphatic carbocycles. The number of aliphatic carboxylic acids is 1. The van der Waals surface area contributed by atoms with E-state index in [0.717, 1.165) is 44.1 Å². The summed E-state index contributed by atoms with van der Waals surface area (Å²) >= 11 is 0. The number of benzene rings is 1. The Morgan fingerprint density at radius 2 is 1.70 bits per heavy atom. The predicted octanol–water partition coefficient (Wildman–Crippen LogP) is 3.21. The molecular formula is C19H25NO3. The lowest BCUT2D eigenvalue weighted by atomic mass is 9.77. The molecule has 4 nitrogen and oxygen atoms in total. The minimum Gasteiger partial charge on any atom is -0.481 e. The minimum absolute atomic E-state index is 0.216. The van der Waals surface area contributed by atoms with Gasteiger partial charge in [-0.25, -0.2) is 0 Å². The molecule has 3 rings (SSSR count). The topological polar surface area (TPSA) is 57.6 Å². The van der Waals surface area contributed by atoms with E-state index in [2.05, 4.69) is 12.1 Å². The quantitative estimate of drug-likeness (QED) is 0.928. The Morgan fingerprint density at radius 1 is 1.09 bits per heavy atom. The summed E-state index contributed by atoms with van der Waals surface area (Å²) in [5, 5.41) is 8.92. The molecule has 124 valence electrons. The van der Waals surface area contributed by atoms with Crippen LogP contribution in [0.3, 0.4) is 0 Å². The van der Waals surface area contributed by atoms with Gasteiger partial charge in [-0.15, -0.1) is 0 Å². The van der Waals surface area contributed by atoms with Gasteiger partial charge in [0.15, 0.2) is 0 Å². The second kappa shape index (κ2) is 6.73. The smallest absolute Gasteiger partial charge is 0.303 e. The zero-order chi connectivity index (χ0) is 16.3. The first-order valence-electron chi connectivity index (χ1n) is 8.68. The molecule has 1 amide bonds. The highest BCUT2D eigenvalue weighted by atomic mass is 16.4. The predicted molar refractivity (Wildman–Crippen MR) is 88.1 cm³/mol. The molecule has 0 unspecified atom stereocenters. The number of carboxylic acid groups (broad SMARTS) is 1. The lowest BCUT2D eigenvalue weighted by Crippen LogP contribution is -2.48. The molecule has 0 atom stereocenters. The van der Waals surface area contributed by atoms with Crippen molar-refractivity contribution in [3.8, 4) is 0 Å². The Labute approximate surface area is 137 Å². The van der Waals surface area contributed by atoms with Crippen LogP contribution in [0.25, 0.3) is 0 Å². The van der Waals surface area contributed by atoms with Gasteiger partial charge in [0.2, 0.25) is 5.91 Å². The number of piperidine rings is 1. The molecule has 0 aromatic heterocycles. The molecule has 0 spiro atoms. The largest absolute Gasteiger partial charge is 0.481 e. The number of hydrogen-bond acceptors (Lipinski definition) is 2. The second-order valence-electron chi connectivity index (χ2n) is 6.99. The maximum absolute atomic E-state index is 13.3. The minimum atomic E-state index is -0.730. The van der Waals surface area contributed by atoms with Crippen LogP contribution in [0.15, 0.2) is 30.3 Å². The maximum Gasteiger partial charge on any atom is 0.303 e. The molecule has 0 bridgehead atoms. The Balaban J connectivity index is 1.72. The highest BCUT2D eigenvalue weighted by Gasteiger charge is 2.45. The van der Waals surface area contributed by atoms with Crippen molar-refractivity contribution in [1.29, 1.82) is 0 Å². The van der Waals surface area contributed by atoms with Crippen molar-refractivity contribution in [3.63, 3.8) is 0 Å². The summed E-state index contributed by atoms with van der Waals surface area (Å²) in [6.07, 6.45) is 5.93. The van der Waals surface area contributed by atoms with Crippen LogP contribution in [-0.2, 0) is 15.0 Å². The van der Waals surface area contributed by atoms with Crippen molar-refractivity contribution in [3.05, 3.63) is 35.9 Å². The summed E-state index contributed by atoms with van der Waals surface area (Å²) in [6, 6.07) is 10.2. The Morgan fingerprint density at radius 3 is 2.26 bits per heavy atom. The lowest BCUT2D eigenvalue weighted by molar-refractivity contribution is -0.140. The van der Waals surface area contributed by atoms with Crippen LogP contribution in [0.5, 0.6) is 0 Å². The summed E-state index contributed by atoms with van der Waals surface area (Å²) < 4.78 is 0. The third-order valence-electron chi connectivity index (χ3n) is 5.56. The Bertz CT molecular complexity index is 555. The van der Waals surface area contributed by atoms with Crippen molar-refractivity contribution in [2.75, 3.05) is 13.1 Å². The van der Waals surface area contributed by atoms with E-state index in [9.17, 15) is 9.59 Å². The summed E-state index contributed by atoms with van der Waals surface area (Å²) in [5.74, 6) is -0.255. The SMILES string of the molecule is O=C(O)CC1CCN(C(=O)C2(c3ccccc3)CCCC2)CC1. The molecule has 4 heteroatoms. The number of carboxylic acids is 1. The van der Waals surface area contributed by atoms with Gasteiger partial charge in [-0.2, -0.15) is 0 Å². The fourth-order valence-electron chi connectivity index (χ4n) is 4.25. The summed E-state index contributed by atoms with van der Waals surface area (Å²) in [4.78, 5) is 26.1. The number of carbonyl (C=O) groups excluding carboxylic acids is 1. The highest BCUT2D eigenvalue weighted by Crippen LogP contribution is 2.43. The molecule has 1 saturated heterocycles. The number of nitrogens with zero attached hydrogens (tertiary/aromatic N) is 1. The van der Waals surface area contributed by atoms with E-state index in [4.69, 9.17) is 5.11 Å². The average Bonchev–Trinajstić information content (AvgIpc) is 3.06. The van der Waals surface area contributed by atoms with Crippen LogP contribution >= 0.6 is 0 Å². The first-order valence-corrected chi connectivity index (χ1v) is 8.68. The first kappa shape index (κ1) is 16.0. The highest BCUT2D eigenvalue weighted by molar-refractivity contribution is 5.88. The van der Waals surface area contributed by atoms with E-state index in [1.54, 1.807) is 0 Å². The number of likely N-dealkylation sites (tertiary alicyclic amines) is 1. The standard InChI is InChI=1S/C19H25NO3/c21-17(22)14-15-8-12-20(13-9-15)18(23)19(10-4-5-11-19)16-6-2-1-3-7-16/h1-3,6-7,15H,4-5,8-14H2,(H,21,22). The summed E-state index contributed by atoms with van der Waals surface area (Å²) in [7, 11) is 0. The van der Waals surface area contributed by atoms with Crippen molar-refractivity contribution < 1.29 is 14.7 Å².